The predicted molar refractivity (Wildman–Crippen MR) is 86.2 cm³/mol. The molecule has 106 valence electrons. The lowest BCUT2D eigenvalue weighted by Gasteiger charge is -2.15. The lowest BCUT2D eigenvalue weighted by Crippen LogP contribution is -1.99. The summed E-state index contributed by atoms with van der Waals surface area (Å²) >= 11 is 12.7. The van der Waals surface area contributed by atoms with E-state index in [9.17, 15) is 0 Å². The van der Waals surface area contributed by atoms with Crippen LogP contribution in [0.15, 0.2) is 36.4 Å². The summed E-state index contributed by atoms with van der Waals surface area (Å²) in [6.07, 6.45) is 0.785. The maximum atomic E-state index is 6.57. The SMILES string of the molecule is COc1ccc(CC(Cl)c2cc(C)c(Cl)cc2C)cc1. The number of benzene rings is 2. The van der Waals surface area contributed by atoms with Crippen molar-refractivity contribution in [2.24, 2.45) is 0 Å². The smallest absolute Gasteiger partial charge is 0.118 e. The molecule has 1 atom stereocenters. The van der Waals surface area contributed by atoms with Crippen LogP contribution in [-0.2, 0) is 6.42 Å². The van der Waals surface area contributed by atoms with Crippen LogP contribution >= 0.6 is 23.2 Å². The van der Waals surface area contributed by atoms with E-state index in [1.165, 1.54) is 5.56 Å². The predicted octanol–water partition coefficient (Wildman–Crippen LogP) is 5.49. The van der Waals surface area contributed by atoms with Crippen LogP contribution in [0.3, 0.4) is 0 Å². The van der Waals surface area contributed by atoms with Gasteiger partial charge in [0, 0.05) is 5.02 Å². The van der Waals surface area contributed by atoms with Crippen LogP contribution in [0.2, 0.25) is 5.02 Å². The summed E-state index contributed by atoms with van der Waals surface area (Å²) in [5, 5.41) is 0.735. The van der Waals surface area contributed by atoms with Gasteiger partial charge in [-0.25, -0.2) is 0 Å². The molecule has 0 N–H and O–H groups in total. The molecule has 1 nitrogen and oxygen atoms in total. The molecule has 0 amide bonds. The fraction of sp³-hybridized carbons (Fsp3) is 0.294. The van der Waals surface area contributed by atoms with Crippen molar-refractivity contribution >= 4 is 23.2 Å². The van der Waals surface area contributed by atoms with Crippen LogP contribution in [0.1, 0.15) is 27.6 Å². The fourth-order valence-corrected chi connectivity index (χ4v) is 2.85. The van der Waals surface area contributed by atoms with Crippen LogP contribution in [0.25, 0.3) is 0 Å². The summed E-state index contributed by atoms with van der Waals surface area (Å²) in [7, 11) is 1.67. The highest BCUT2D eigenvalue weighted by atomic mass is 35.5. The zero-order valence-electron chi connectivity index (χ0n) is 11.9. The summed E-state index contributed by atoms with van der Waals surface area (Å²) in [4.78, 5) is 0. The maximum Gasteiger partial charge on any atom is 0.118 e. The molecule has 0 heterocycles. The Morgan fingerprint density at radius 3 is 2.30 bits per heavy atom. The van der Waals surface area contributed by atoms with E-state index in [-0.39, 0.29) is 5.38 Å². The largest absolute Gasteiger partial charge is 0.497 e. The summed E-state index contributed by atoms with van der Waals surface area (Å²) < 4.78 is 5.16. The van der Waals surface area contributed by atoms with E-state index in [1.54, 1.807) is 7.11 Å². The number of ether oxygens (including phenoxy) is 1. The third kappa shape index (κ3) is 3.47. The Bertz CT molecular complexity index is 591. The molecule has 1 unspecified atom stereocenters. The highest BCUT2D eigenvalue weighted by Crippen LogP contribution is 2.31. The highest BCUT2D eigenvalue weighted by Gasteiger charge is 2.13. The van der Waals surface area contributed by atoms with Crippen LogP contribution in [0.4, 0.5) is 0 Å². The standard InChI is InChI=1S/C17H18Cl2O/c1-11-9-16(18)12(2)8-15(11)17(19)10-13-4-6-14(20-3)7-5-13/h4-9,17H,10H2,1-3H3. The Hall–Kier alpha value is -1.18. The summed E-state index contributed by atoms with van der Waals surface area (Å²) in [5.74, 6) is 0.860. The Morgan fingerprint density at radius 2 is 1.70 bits per heavy atom. The number of alkyl halides is 1. The first-order chi connectivity index (χ1) is 9.51. The summed E-state index contributed by atoms with van der Waals surface area (Å²) in [6.45, 7) is 4.05. The number of aryl methyl sites for hydroxylation is 2. The van der Waals surface area contributed by atoms with Crippen LogP contribution in [0, 0.1) is 13.8 Å². The average Bonchev–Trinajstić information content (AvgIpc) is 2.43. The minimum absolute atomic E-state index is 0.0561. The van der Waals surface area contributed by atoms with Gasteiger partial charge in [-0.1, -0.05) is 29.8 Å². The Balaban J connectivity index is 2.18. The van der Waals surface area contributed by atoms with E-state index in [0.29, 0.717) is 0 Å². The molecule has 0 aliphatic carbocycles. The maximum absolute atomic E-state index is 6.57. The Morgan fingerprint density at radius 1 is 1.05 bits per heavy atom. The normalized spacial score (nSPS) is 12.2. The topological polar surface area (TPSA) is 9.23 Å². The molecular formula is C17H18Cl2O. The van der Waals surface area contributed by atoms with Gasteiger partial charge in [-0.15, -0.1) is 11.6 Å². The Kier molecular flexibility index (Phi) is 4.95. The average molecular weight is 309 g/mol. The van der Waals surface area contributed by atoms with Crippen molar-refractivity contribution in [1.82, 2.24) is 0 Å². The van der Waals surface area contributed by atoms with Gasteiger partial charge in [0.25, 0.3) is 0 Å². The first kappa shape index (κ1) is 15.2. The molecule has 0 aliphatic heterocycles. The quantitative estimate of drug-likeness (QED) is 0.679. The zero-order valence-corrected chi connectivity index (χ0v) is 13.4. The van der Waals surface area contributed by atoms with Gasteiger partial charge in [-0.2, -0.15) is 0 Å². The van der Waals surface area contributed by atoms with E-state index in [0.717, 1.165) is 33.9 Å². The van der Waals surface area contributed by atoms with Crippen molar-refractivity contribution in [3.63, 3.8) is 0 Å². The summed E-state index contributed by atoms with van der Waals surface area (Å²) in [6, 6.07) is 12.1. The minimum atomic E-state index is -0.0561. The summed E-state index contributed by atoms with van der Waals surface area (Å²) in [5.41, 5.74) is 4.53. The third-order valence-corrected chi connectivity index (χ3v) is 4.26. The van der Waals surface area contributed by atoms with E-state index in [4.69, 9.17) is 27.9 Å². The van der Waals surface area contributed by atoms with Crippen molar-refractivity contribution in [2.45, 2.75) is 25.6 Å². The van der Waals surface area contributed by atoms with E-state index in [2.05, 4.69) is 6.07 Å². The molecule has 0 aliphatic rings. The monoisotopic (exact) mass is 308 g/mol. The van der Waals surface area contributed by atoms with Crippen molar-refractivity contribution in [3.8, 4) is 5.75 Å². The van der Waals surface area contributed by atoms with Crippen molar-refractivity contribution < 1.29 is 4.74 Å². The number of rotatable bonds is 4. The van der Waals surface area contributed by atoms with Crippen molar-refractivity contribution in [1.29, 1.82) is 0 Å². The van der Waals surface area contributed by atoms with E-state index >= 15 is 0 Å². The number of methoxy groups -OCH3 is 1. The van der Waals surface area contributed by atoms with Crippen LogP contribution in [-0.4, -0.2) is 7.11 Å². The molecule has 0 aromatic heterocycles. The molecule has 0 spiro atoms. The number of halogens is 2. The van der Waals surface area contributed by atoms with Gasteiger partial charge < -0.3 is 4.74 Å². The molecule has 20 heavy (non-hydrogen) atoms. The first-order valence-corrected chi connectivity index (χ1v) is 7.36. The molecule has 2 aromatic rings. The lowest BCUT2D eigenvalue weighted by atomic mass is 9.98. The molecule has 2 rings (SSSR count). The molecule has 0 saturated carbocycles. The second-order valence-electron chi connectivity index (χ2n) is 4.98. The molecule has 0 fully saturated rings. The van der Waals surface area contributed by atoms with Gasteiger partial charge in [0.2, 0.25) is 0 Å². The molecule has 2 aromatic carbocycles. The van der Waals surface area contributed by atoms with E-state index < -0.39 is 0 Å². The van der Waals surface area contributed by atoms with Gasteiger partial charge in [-0.3, -0.25) is 0 Å². The number of hydrogen-bond acceptors (Lipinski definition) is 1. The minimum Gasteiger partial charge on any atom is -0.497 e. The third-order valence-electron chi connectivity index (χ3n) is 3.46. The fourth-order valence-electron chi connectivity index (χ4n) is 2.22. The van der Waals surface area contributed by atoms with Gasteiger partial charge in [0.15, 0.2) is 0 Å². The number of hydrogen-bond donors (Lipinski definition) is 0. The molecule has 0 radical (unpaired) electrons. The first-order valence-electron chi connectivity index (χ1n) is 6.55. The zero-order chi connectivity index (χ0) is 14.7. The lowest BCUT2D eigenvalue weighted by molar-refractivity contribution is 0.414. The van der Waals surface area contributed by atoms with Crippen LogP contribution in [0.5, 0.6) is 5.75 Å². The van der Waals surface area contributed by atoms with Gasteiger partial charge in [0.1, 0.15) is 5.75 Å². The molecule has 3 heteroatoms. The van der Waals surface area contributed by atoms with Crippen molar-refractivity contribution in [3.05, 3.63) is 63.7 Å². The van der Waals surface area contributed by atoms with Crippen molar-refractivity contribution in [2.75, 3.05) is 7.11 Å². The Labute approximate surface area is 130 Å². The second kappa shape index (κ2) is 6.51. The van der Waals surface area contributed by atoms with Gasteiger partial charge in [-0.05, 0) is 60.7 Å². The molecular weight excluding hydrogens is 291 g/mol. The van der Waals surface area contributed by atoms with Gasteiger partial charge >= 0.3 is 0 Å². The van der Waals surface area contributed by atoms with Crippen LogP contribution < -0.4 is 4.74 Å². The second-order valence-corrected chi connectivity index (χ2v) is 5.91. The van der Waals surface area contributed by atoms with E-state index in [1.807, 2.05) is 44.2 Å². The molecule has 0 bridgehead atoms. The van der Waals surface area contributed by atoms with Gasteiger partial charge in [0.05, 0.1) is 12.5 Å². The highest BCUT2D eigenvalue weighted by molar-refractivity contribution is 6.31. The molecule has 0 saturated heterocycles.